The highest BCUT2D eigenvalue weighted by Gasteiger charge is 2.20. The predicted molar refractivity (Wildman–Crippen MR) is 79.4 cm³/mol. The topological polar surface area (TPSA) is 54.3 Å². The zero-order valence-electron chi connectivity index (χ0n) is 11.1. The van der Waals surface area contributed by atoms with E-state index in [4.69, 9.17) is 16.7 Å². The minimum absolute atomic E-state index is 0.0108. The van der Waals surface area contributed by atoms with Gasteiger partial charge in [-0.15, -0.1) is 0 Å². The summed E-state index contributed by atoms with van der Waals surface area (Å²) in [7, 11) is 0. The number of carboxylic acids is 1. The Morgan fingerprint density at radius 2 is 2.15 bits per heavy atom. The standard InChI is InChI=1S/C15H17ClN2O2/c16-11-1-2-14-12(7-11)13(8-18(14)9-15(19)20)10-3-5-17-6-4-10/h1-2,7-8,10,17H,3-6,9H2,(H,19,20). The quantitative estimate of drug-likeness (QED) is 0.914. The van der Waals surface area contributed by atoms with Crippen LogP contribution in [0.4, 0.5) is 0 Å². The van der Waals surface area contributed by atoms with E-state index in [1.54, 1.807) is 0 Å². The number of nitrogens with zero attached hydrogens (tertiary/aromatic N) is 1. The molecule has 5 heteroatoms. The molecule has 0 atom stereocenters. The first-order valence-corrected chi connectivity index (χ1v) is 7.24. The average Bonchev–Trinajstić information content (AvgIpc) is 2.77. The summed E-state index contributed by atoms with van der Waals surface area (Å²) in [5.74, 6) is -0.346. The Kier molecular flexibility index (Phi) is 3.68. The highest BCUT2D eigenvalue weighted by molar-refractivity contribution is 6.31. The number of hydrogen-bond acceptors (Lipinski definition) is 2. The molecular weight excluding hydrogens is 276 g/mol. The van der Waals surface area contributed by atoms with E-state index < -0.39 is 5.97 Å². The average molecular weight is 293 g/mol. The first kappa shape index (κ1) is 13.5. The third kappa shape index (κ3) is 2.53. The lowest BCUT2D eigenvalue weighted by Gasteiger charge is -2.22. The van der Waals surface area contributed by atoms with Crippen molar-refractivity contribution in [3.05, 3.63) is 35.0 Å². The Labute approximate surface area is 122 Å². The Hall–Kier alpha value is -1.52. The van der Waals surface area contributed by atoms with E-state index in [-0.39, 0.29) is 6.54 Å². The van der Waals surface area contributed by atoms with Crippen LogP contribution >= 0.6 is 11.6 Å². The van der Waals surface area contributed by atoms with Crippen molar-refractivity contribution in [3.63, 3.8) is 0 Å². The Bertz CT molecular complexity index is 645. The SMILES string of the molecule is O=C(O)Cn1cc(C2CCNCC2)c2cc(Cl)ccc21. The summed E-state index contributed by atoms with van der Waals surface area (Å²) in [6.07, 6.45) is 4.16. The smallest absolute Gasteiger partial charge is 0.323 e. The molecule has 20 heavy (non-hydrogen) atoms. The highest BCUT2D eigenvalue weighted by atomic mass is 35.5. The molecule has 0 unspecified atom stereocenters. The zero-order chi connectivity index (χ0) is 14.1. The van der Waals surface area contributed by atoms with Crippen LogP contribution < -0.4 is 5.32 Å². The van der Waals surface area contributed by atoms with Gasteiger partial charge in [0.25, 0.3) is 0 Å². The molecule has 106 valence electrons. The van der Waals surface area contributed by atoms with Crippen molar-refractivity contribution in [2.75, 3.05) is 13.1 Å². The fraction of sp³-hybridized carbons (Fsp3) is 0.400. The summed E-state index contributed by atoms with van der Waals surface area (Å²) in [5.41, 5.74) is 2.18. The molecule has 2 N–H and O–H groups in total. The lowest BCUT2D eigenvalue weighted by Crippen LogP contribution is -2.26. The summed E-state index contributed by atoms with van der Waals surface area (Å²) in [4.78, 5) is 11.0. The number of hydrogen-bond donors (Lipinski definition) is 2. The van der Waals surface area contributed by atoms with Crippen LogP contribution in [0.15, 0.2) is 24.4 Å². The van der Waals surface area contributed by atoms with Gasteiger partial charge in [-0.2, -0.15) is 0 Å². The van der Waals surface area contributed by atoms with E-state index in [0.717, 1.165) is 36.8 Å². The second kappa shape index (κ2) is 5.46. The highest BCUT2D eigenvalue weighted by Crippen LogP contribution is 2.34. The van der Waals surface area contributed by atoms with E-state index in [0.29, 0.717) is 10.9 Å². The number of fused-ring (bicyclic) bond motifs is 1. The second-order valence-corrected chi connectivity index (χ2v) is 5.73. The maximum atomic E-state index is 11.0. The molecule has 0 aliphatic carbocycles. The maximum absolute atomic E-state index is 11.0. The van der Waals surface area contributed by atoms with Gasteiger partial charge < -0.3 is 15.0 Å². The Morgan fingerprint density at radius 1 is 1.40 bits per heavy atom. The van der Waals surface area contributed by atoms with Crippen LogP contribution in [0.2, 0.25) is 5.02 Å². The first-order chi connectivity index (χ1) is 9.65. The molecule has 0 radical (unpaired) electrons. The Morgan fingerprint density at radius 3 is 2.85 bits per heavy atom. The summed E-state index contributed by atoms with van der Waals surface area (Å²) in [6, 6.07) is 5.67. The van der Waals surface area contributed by atoms with Crippen LogP contribution in [0, 0.1) is 0 Å². The van der Waals surface area contributed by atoms with Crippen LogP contribution in [-0.4, -0.2) is 28.7 Å². The third-order valence-electron chi connectivity index (χ3n) is 3.96. The van der Waals surface area contributed by atoms with Gasteiger partial charge >= 0.3 is 5.97 Å². The number of aromatic nitrogens is 1. The normalized spacial score (nSPS) is 16.6. The van der Waals surface area contributed by atoms with Crippen molar-refractivity contribution in [2.45, 2.75) is 25.3 Å². The van der Waals surface area contributed by atoms with E-state index in [2.05, 4.69) is 5.32 Å². The molecule has 3 rings (SSSR count). The predicted octanol–water partition coefficient (Wildman–Crippen LogP) is 2.85. The van der Waals surface area contributed by atoms with Gasteiger partial charge in [-0.05, 0) is 55.6 Å². The number of rotatable bonds is 3. The van der Waals surface area contributed by atoms with Crippen molar-refractivity contribution in [3.8, 4) is 0 Å². The van der Waals surface area contributed by atoms with Gasteiger partial charge in [0.1, 0.15) is 6.54 Å². The molecule has 1 aromatic carbocycles. The zero-order valence-corrected chi connectivity index (χ0v) is 11.9. The van der Waals surface area contributed by atoms with Crippen LogP contribution in [-0.2, 0) is 11.3 Å². The lowest BCUT2D eigenvalue weighted by molar-refractivity contribution is -0.137. The van der Waals surface area contributed by atoms with E-state index in [1.807, 2.05) is 29.0 Å². The van der Waals surface area contributed by atoms with E-state index in [1.165, 1.54) is 5.56 Å². The molecule has 2 heterocycles. The van der Waals surface area contributed by atoms with Gasteiger partial charge in [-0.3, -0.25) is 4.79 Å². The second-order valence-electron chi connectivity index (χ2n) is 5.29. The minimum atomic E-state index is -0.825. The molecular formula is C15H17ClN2O2. The van der Waals surface area contributed by atoms with Crippen LogP contribution in [0.25, 0.3) is 10.9 Å². The van der Waals surface area contributed by atoms with Crippen LogP contribution in [0.3, 0.4) is 0 Å². The molecule has 1 fully saturated rings. The van der Waals surface area contributed by atoms with Gasteiger partial charge in [-0.1, -0.05) is 11.6 Å². The molecule has 1 aliphatic heterocycles. The minimum Gasteiger partial charge on any atom is -0.480 e. The molecule has 1 aromatic heterocycles. The number of carbonyl (C=O) groups is 1. The van der Waals surface area contributed by atoms with E-state index >= 15 is 0 Å². The van der Waals surface area contributed by atoms with Crippen LogP contribution in [0.5, 0.6) is 0 Å². The van der Waals surface area contributed by atoms with Gasteiger partial charge in [0.2, 0.25) is 0 Å². The van der Waals surface area contributed by atoms with Gasteiger partial charge in [-0.25, -0.2) is 0 Å². The van der Waals surface area contributed by atoms with Crippen molar-refractivity contribution < 1.29 is 9.90 Å². The third-order valence-corrected chi connectivity index (χ3v) is 4.19. The Balaban J connectivity index is 2.09. The summed E-state index contributed by atoms with van der Waals surface area (Å²) >= 11 is 6.11. The monoisotopic (exact) mass is 292 g/mol. The number of piperidine rings is 1. The lowest BCUT2D eigenvalue weighted by atomic mass is 9.90. The van der Waals surface area contributed by atoms with Crippen molar-refractivity contribution in [1.82, 2.24) is 9.88 Å². The van der Waals surface area contributed by atoms with E-state index in [9.17, 15) is 4.79 Å². The van der Waals surface area contributed by atoms with Gasteiger partial charge in [0.15, 0.2) is 0 Å². The number of benzene rings is 1. The molecule has 0 bridgehead atoms. The number of halogens is 1. The summed E-state index contributed by atoms with van der Waals surface area (Å²) in [5, 5.41) is 14.2. The number of aliphatic carboxylic acids is 1. The van der Waals surface area contributed by atoms with Crippen LogP contribution in [0.1, 0.15) is 24.3 Å². The molecule has 0 saturated carbocycles. The molecule has 1 aliphatic rings. The number of nitrogens with one attached hydrogen (secondary N) is 1. The fourth-order valence-electron chi connectivity index (χ4n) is 3.03. The van der Waals surface area contributed by atoms with Gasteiger partial charge in [0, 0.05) is 22.1 Å². The van der Waals surface area contributed by atoms with Crippen molar-refractivity contribution >= 4 is 28.5 Å². The number of carboxylic acid groups (broad SMARTS) is 1. The molecule has 4 nitrogen and oxygen atoms in total. The largest absolute Gasteiger partial charge is 0.480 e. The molecule has 2 aromatic rings. The molecule has 1 saturated heterocycles. The fourth-order valence-corrected chi connectivity index (χ4v) is 3.20. The molecule has 0 spiro atoms. The maximum Gasteiger partial charge on any atom is 0.323 e. The van der Waals surface area contributed by atoms with Crippen molar-refractivity contribution in [2.24, 2.45) is 0 Å². The van der Waals surface area contributed by atoms with Gasteiger partial charge in [0.05, 0.1) is 0 Å². The summed E-state index contributed by atoms with van der Waals surface area (Å²) in [6.45, 7) is 2.01. The molecule has 0 amide bonds. The van der Waals surface area contributed by atoms with Crippen molar-refractivity contribution in [1.29, 1.82) is 0 Å². The first-order valence-electron chi connectivity index (χ1n) is 6.86. The summed E-state index contributed by atoms with van der Waals surface area (Å²) < 4.78 is 1.81.